The third kappa shape index (κ3) is 14.4. The minimum Gasteiger partial charge on any atom is -0.497 e. The lowest BCUT2D eigenvalue weighted by atomic mass is 9.98. The Hall–Kier alpha value is -6.90. The van der Waals surface area contributed by atoms with Gasteiger partial charge in [-0.3, -0.25) is 19.0 Å². The number of phosphoric ester groups is 1. The van der Waals surface area contributed by atoms with Crippen molar-refractivity contribution in [3.63, 3.8) is 0 Å². The van der Waals surface area contributed by atoms with Gasteiger partial charge >= 0.3 is 19.9 Å². The van der Waals surface area contributed by atoms with Gasteiger partial charge in [0.05, 0.1) is 36.8 Å². The molecule has 71 heavy (non-hydrogen) atoms. The van der Waals surface area contributed by atoms with E-state index in [4.69, 9.17) is 23.3 Å². The highest BCUT2D eigenvalue weighted by molar-refractivity contribution is 7.99. The molecule has 0 radical (unpaired) electrons. The molecule has 0 aromatic heterocycles. The van der Waals surface area contributed by atoms with E-state index in [2.05, 4.69) is 10.6 Å². The number of ether oxygens (including phenoxy) is 3. The molecule has 4 atom stereocenters. The largest absolute Gasteiger partial charge is 0.527 e. The van der Waals surface area contributed by atoms with Crippen LogP contribution in [0.15, 0.2) is 157 Å². The molecule has 0 saturated carbocycles. The molecular weight excluding hydrogens is 942 g/mol. The first-order valence-electron chi connectivity index (χ1n) is 23.0. The third-order valence-corrected chi connectivity index (χ3v) is 13.3. The van der Waals surface area contributed by atoms with Gasteiger partial charge in [0.25, 0.3) is 5.91 Å². The van der Waals surface area contributed by atoms with E-state index in [-0.39, 0.29) is 25.3 Å². The lowest BCUT2D eigenvalue weighted by molar-refractivity contribution is -0.128. The van der Waals surface area contributed by atoms with Crippen LogP contribution in [0.1, 0.15) is 79.4 Å². The van der Waals surface area contributed by atoms with E-state index in [0.29, 0.717) is 33.7 Å². The van der Waals surface area contributed by atoms with Crippen molar-refractivity contribution in [1.29, 1.82) is 0 Å². The number of methoxy groups -OCH3 is 1. The van der Waals surface area contributed by atoms with Gasteiger partial charge in [-0.2, -0.15) is 0 Å². The lowest BCUT2D eigenvalue weighted by Crippen LogP contribution is -2.56. The second-order valence-corrected chi connectivity index (χ2v) is 21.4. The van der Waals surface area contributed by atoms with Crippen LogP contribution in [0.3, 0.4) is 0 Å². The highest BCUT2D eigenvalue weighted by Crippen LogP contribution is 2.47. The van der Waals surface area contributed by atoms with Crippen LogP contribution in [-0.4, -0.2) is 59.2 Å². The number of phosphoric acid groups is 1. The van der Waals surface area contributed by atoms with Crippen LogP contribution in [-0.2, 0) is 47.7 Å². The van der Waals surface area contributed by atoms with Crippen molar-refractivity contribution in [2.45, 2.75) is 94.5 Å². The number of carbonyl (C=O) groups excluding carboxylic acids is 4. The highest BCUT2D eigenvalue weighted by Gasteiger charge is 2.41. The molecule has 3 unspecified atom stereocenters. The summed E-state index contributed by atoms with van der Waals surface area (Å²) >= 11 is 1.42. The van der Waals surface area contributed by atoms with Crippen molar-refractivity contribution in [3.8, 4) is 22.6 Å². The van der Waals surface area contributed by atoms with Crippen molar-refractivity contribution in [2.24, 2.45) is 0 Å². The van der Waals surface area contributed by atoms with Crippen molar-refractivity contribution in [2.75, 3.05) is 12.0 Å². The molecule has 0 bridgehead atoms. The maximum Gasteiger partial charge on any atom is 0.527 e. The molecule has 370 valence electrons. The monoisotopic (exact) mass is 999 g/mol. The van der Waals surface area contributed by atoms with Crippen LogP contribution < -0.4 is 24.8 Å². The number of hydrogen-bond acceptors (Lipinski definition) is 11. The number of carbonyl (C=O) groups is 4. The fourth-order valence-corrected chi connectivity index (χ4v) is 9.79. The molecule has 3 amide bonds. The van der Waals surface area contributed by atoms with Crippen LogP contribution >= 0.6 is 19.6 Å². The molecular formula is C55H58N3O11PS. The molecule has 0 fully saturated rings. The number of nitrogens with one attached hydrogen (secondary N) is 2. The van der Waals surface area contributed by atoms with Gasteiger partial charge in [-0.15, -0.1) is 11.8 Å². The first-order valence-corrected chi connectivity index (χ1v) is 25.3. The number of amides is 3. The van der Waals surface area contributed by atoms with E-state index in [1.807, 2.05) is 99.6 Å². The van der Waals surface area contributed by atoms with E-state index in [0.717, 1.165) is 21.6 Å². The zero-order chi connectivity index (χ0) is 50.9. The summed E-state index contributed by atoms with van der Waals surface area (Å²) in [7, 11) is -2.95. The van der Waals surface area contributed by atoms with E-state index in [1.54, 1.807) is 93.4 Å². The smallest absolute Gasteiger partial charge is 0.497 e. The summed E-state index contributed by atoms with van der Waals surface area (Å²) in [5.74, 6) is -0.860. The molecule has 7 rings (SSSR count). The van der Waals surface area contributed by atoms with Gasteiger partial charge in [-0.1, -0.05) is 109 Å². The Morgan fingerprint density at radius 3 is 1.99 bits per heavy atom. The topological polar surface area (TPSA) is 179 Å². The number of para-hydroxylation sites is 1. The molecule has 0 spiro atoms. The summed E-state index contributed by atoms with van der Waals surface area (Å²) in [4.78, 5) is 69.7. The Labute approximate surface area is 418 Å². The van der Waals surface area contributed by atoms with Gasteiger partial charge in [0.2, 0.25) is 5.91 Å². The fourth-order valence-electron chi connectivity index (χ4n) is 7.70. The van der Waals surface area contributed by atoms with Crippen LogP contribution in [0.5, 0.6) is 11.5 Å². The molecule has 6 aromatic rings. The Morgan fingerprint density at radius 1 is 0.718 bits per heavy atom. The third-order valence-electron chi connectivity index (χ3n) is 11.0. The molecule has 6 aromatic carbocycles. The number of fused-ring (bicyclic) bond motifs is 1. The summed E-state index contributed by atoms with van der Waals surface area (Å²) in [6.45, 7) is 10.5. The summed E-state index contributed by atoms with van der Waals surface area (Å²) in [6.07, 6.45) is -0.921. The van der Waals surface area contributed by atoms with Crippen LogP contribution in [0.4, 0.5) is 10.5 Å². The van der Waals surface area contributed by atoms with Gasteiger partial charge in [0, 0.05) is 11.3 Å². The molecule has 3 N–H and O–H groups in total. The molecule has 1 aliphatic heterocycles. The molecule has 1 aliphatic rings. The van der Waals surface area contributed by atoms with Crippen molar-refractivity contribution < 1.29 is 51.9 Å². The number of hydrogen-bond donors (Lipinski definition) is 3. The Bertz CT molecular complexity index is 2870. The Kier molecular flexibility index (Phi) is 16.4. The van der Waals surface area contributed by atoms with Crippen molar-refractivity contribution >= 4 is 49.1 Å². The maximum absolute atomic E-state index is 15.4. The minimum atomic E-state index is -4.52. The van der Waals surface area contributed by atoms with Gasteiger partial charge in [-0.05, 0) is 117 Å². The van der Waals surface area contributed by atoms with E-state index >= 15 is 4.79 Å². The zero-order valence-electron chi connectivity index (χ0n) is 40.6. The van der Waals surface area contributed by atoms with Crippen molar-refractivity contribution in [1.82, 2.24) is 10.6 Å². The minimum absolute atomic E-state index is 0.0390. The number of benzene rings is 6. The summed E-state index contributed by atoms with van der Waals surface area (Å²) in [5.41, 5.74) is 3.72. The van der Waals surface area contributed by atoms with Gasteiger partial charge in [0.15, 0.2) is 0 Å². The standard InChI is InChI=1S/C55H58N3O11PS/c1-54(2,3)67-52(61)44-18-12-11-17-43(44)39-25-21-37(22-26-39)34-58-46-19-13-14-20-47(46)71-49(40-27-31-41(65-7)32-28-40)48(51(58)60)57-50(59)45(56-53(62)68-55(4,5)6)33-36-23-29-42(30-24-36)69-70(63,64)66-35-38-15-9-8-10-16-38/h8-32,45,48-49H,33-35H2,1-7H3,(H,56,62)(H,57,59)(H,63,64)/t45-,48?,49?/m0/s1. The van der Waals surface area contributed by atoms with Crippen molar-refractivity contribution in [3.05, 3.63) is 179 Å². The SMILES string of the molecule is COc1ccc(C2Sc3ccccc3N(Cc3ccc(-c4ccccc4C(=O)OC(C)(C)C)cc3)C(=O)C2NC(=O)[C@H](Cc2ccc(OP(=O)(O)OCc3ccccc3)cc2)NC(=O)OC(C)(C)C)cc1. The van der Waals surface area contributed by atoms with Gasteiger partial charge in [0.1, 0.15) is 34.8 Å². The number of thioether (sulfide) groups is 1. The fraction of sp³-hybridized carbons (Fsp3) is 0.273. The Morgan fingerprint density at radius 2 is 1.32 bits per heavy atom. The summed E-state index contributed by atoms with van der Waals surface area (Å²) < 4.78 is 40.1. The van der Waals surface area contributed by atoms with Crippen LogP contribution in [0.2, 0.25) is 0 Å². The van der Waals surface area contributed by atoms with E-state index in [9.17, 15) is 23.8 Å². The summed E-state index contributed by atoms with van der Waals surface area (Å²) in [5, 5.41) is 5.11. The Balaban J connectivity index is 1.18. The van der Waals surface area contributed by atoms with Gasteiger partial charge in [-0.25, -0.2) is 14.2 Å². The normalized spacial score (nSPS) is 16.1. The number of anilines is 1. The molecule has 0 aliphatic carbocycles. The average Bonchev–Trinajstić information content (AvgIpc) is 3.44. The van der Waals surface area contributed by atoms with Crippen LogP contribution in [0.25, 0.3) is 11.1 Å². The predicted octanol–water partition coefficient (Wildman–Crippen LogP) is 11.0. The molecule has 16 heteroatoms. The number of rotatable bonds is 16. The maximum atomic E-state index is 15.4. The predicted molar refractivity (Wildman–Crippen MR) is 273 cm³/mol. The number of esters is 1. The number of nitrogens with zero attached hydrogens (tertiary/aromatic N) is 1. The second kappa shape index (κ2) is 22.5. The number of alkyl carbamates (subject to hydrolysis) is 1. The lowest BCUT2D eigenvalue weighted by Gasteiger charge is -2.30. The highest BCUT2D eigenvalue weighted by atomic mass is 32.2. The van der Waals surface area contributed by atoms with E-state index < -0.39 is 60.2 Å². The molecule has 0 saturated heterocycles. The molecule has 14 nitrogen and oxygen atoms in total. The average molecular weight is 1000 g/mol. The second-order valence-electron chi connectivity index (χ2n) is 18.8. The quantitative estimate of drug-likeness (QED) is 0.0618. The van der Waals surface area contributed by atoms with Gasteiger partial charge < -0.3 is 34.3 Å². The molecule has 1 heterocycles. The summed E-state index contributed by atoms with van der Waals surface area (Å²) in [6, 6.07) is 42.2. The first-order chi connectivity index (χ1) is 33.7. The van der Waals surface area contributed by atoms with E-state index in [1.165, 1.54) is 23.9 Å². The zero-order valence-corrected chi connectivity index (χ0v) is 42.3. The van der Waals surface area contributed by atoms with Crippen LogP contribution in [0, 0.1) is 0 Å². The first kappa shape index (κ1) is 51.9.